The Morgan fingerprint density at radius 2 is 2.11 bits per heavy atom. The van der Waals surface area contributed by atoms with Crippen LogP contribution in [0.5, 0.6) is 5.75 Å². The Bertz CT molecular complexity index is 494. The fraction of sp³-hybridized carbons (Fsp3) is 0.533. The minimum absolute atomic E-state index is 0.0402. The first-order chi connectivity index (χ1) is 8.91. The highest BCUT2D eigenvalue weighted by Crippen LogP contribution is 2.45. The molecule has 4 nitrogen and oxygen atoms in total. The number of carboxylic acid groups (broad SMARTS) is 1. The first kappa shape index (κ1) is 13.9. The summed E-state index contributed by atoms with van der Waals surface area (Å²) in [6.45, 7) is 4.11. The molecule has 0 saturated heterocycles. The third-order valence-corrected chi connectivity index (χ3v) is 3.90. The lowest BCUT2D eigenvalue weighted by molar-refractivity contribution is -0.144. The van der Waals surface area contributed by atoms with Crippen molar-refractivity contribution in [3.05, 3.63) is 29.3 Å². The van der Waals surface area contributed by atoms with Gasteiger partial charge in [-0.1, -0.05) is 19.9 Å². The van der Waals surface area contributed by atoms with Crippen LogP contribution in [0, 0.1) is 5.92 Å². The van der Waals surface area contributed by atoms with Gasteiger partial charge in [0.25, 0.3) is 0 Å². The molecular formula is C15H21NO3. The molecule has 4 heteroatoms. The zero-order valence-corrected chi connectivity index (χ0v) is 11.6. The Labute approximate surface area is 113 Å². The standard InChI is InChI=1S/C15H21NO3/c1-9(2)12-8-11(6-7-13(12)19-3)15(16,14(17)18)10-4-5-10/h6-10H,4-5,16H2,1-3H3,(H,17,18). The Balaban J connectivity index is 2.50. The van der Waals surface area contributed by atoms with Crippen LogP contribution in [0.3, 0.4) is 0 Å². The highest BCUT2D eigenvalue weighted by Gasteiger charge is 2.49. The average Bonchev–Trinajstić information content (AvgIpc) is 3.21. The molecule has 0 heterocycles. The molecule has 1 aromatic rings. The van der Waals surface area contributed by atoms with Crippen LogP contribution in [0.4, 0.5) is 0 Å². The van der Waals surface area contributed by atoms with Crippen molar-refractivity contribution in [1.82, 2.24) is 0 Å². The number of methoxy groups -OCH3 is 1. The van der Waals surface area contributed by atoms with Crippen molar-refractivity contribution < 1.29 is 14.6 Å². The van der Waals surface area contributed by atoms with Crippen molar-refractivity contribution in [3.63, 3.8) is 0 Å². The van der Waals surface area contributed by atoms with Crippen LogP contribution in [-0.2, 0) is 10.3 Å². The van der Waals surface area contributed by atoms with E-state index in [1.165, 1.54) is 0 Å². The minimum atomic E-state index is -1.27. The number of rotatable bonds is 5. The second kappa shape index (κ2) is 4.85. The van der Waals surface area contributed by atoms with Crippen molar-refractivity contribution in [2.75, 3.05) is 7.11 Å². The molecule has 104 valence electrons. The largest absolute Gasteiger partial charge is 0.496 e. The molecule has 1 fully saturated rings. The van der Waals surface area contributed by atoms with E-state index in [1.807, 2.05) is 12.1 Å². The van der Waals surface area contributed by atoms with Gasteiger partial charge in [-0.05, 0) is 47.9 Å². The van der Waals surface area contributed by atoms with Crippen LogP contribution in [0.15, 0.2) is 18.2 Å². The molecule has 1 aliphatic carbocycles. The van der Waals surface area contributed by atoms with Gasteiger partial charge >= 0.3 is 5.97 Å². The Kier molecular flexibility index (Phi) is 3.54. The summed E-state index contributed by atoms with van der Waals surface area (Å²) in [4.78, 5) is 11.6. The van der Waals surface area contributed by atoms with E-state index in [-0.39, 0.29) is 11.8 Å². The molecule has 3 N–H and O–H groups in total. The van der Waals surface area contributed by atoms with Gasteiger partial charge in [0.2, 0.25) is 0 Å². The first-order valence-electron chi connectivity index (χ1n) is 6.62. The summed E-state index contributed by atoms with van der Waals surface area (Å²) in [5.41, 5.74) is 6.59. The van der Waals surface area contributed by atoms with Gasteiger partial charge in [-0.15, -0.1) is 0 Å². The SMILES string of the molecule is COc1ccc(C(N)(C(=O)O)C2CC2)cc1C(C)C. The van der Waals surface area contributed by atoms with Crippen molar-refractivity contribution in [2.45, 2.75) is 38.1 Å². The van der Waals surface area contributed by atoms with Crippen molar-refractivity contribution in [1.29, 1.82) is 0 Å². The van der Waals surface area contributed by atoms with Crippen LogP contribution in [0.1, 0.15) is 43.7 Å². The Morgan fingerprint density at radius 1 is 1.47 bits per heavy atom. The van der Waals surface area contributed by atoms with E-state index in [1.54, 1.807) is 13.2 Å². The Hall–Kier alpha value is -1.55. The second-order valence-corrected chi connectivity index (χ2v) is 5.56. The number of carboxylic acids is 1. The first-order valence-corrected chi connectivity index (χ1v) is 6.62. The van der Waals surface area contributed by atoms with Gasteiger partial charge in [0, 0.05) is 0 Å². The molecule has 0 spiro atoms. The van der Waals surface area contributed by atoms with Crippen LogP contribution in [-0.4, -0.2) is 18.2 Å². The van der Waals surface area contributed by atoms with Gasteiger partial charge in [-0.2, -0.15) is 0 Å². The summed E-state index contributed by atoms with van der Waals surface area (Å²) in [7, 11) is 1.62. The lowest BCUT2D eigenvalue weighted by atomic mass is 9.84. The van der Waals surface area contributed by atoms with Crippen LogP contribution >= 0.6 is 0 Å². The summed E-state index contributed by atoms with van der Waals surface area (Å²) in [6, 6.07) is 5.48. The van der Waals surface area contributed by atoms with Gasteiger partial charge in [0.15, 0.2) is 0 Å². The second-order valence-electron chi connectivity index (χ2n) is 5.56. The molecule has 1 aliphatic rings. The van der Waals surface area contributed by atoms with E-state index in [0.29, 0.717) is 5.56 Å². The smallest absolute Gasteiger partial charge is 0.328 e. The number of ether oxygens (including phenoxy) is 1. The van der Waals surface area contributed by atoms with Gasteiger partial charge in [0.05, 0.1) is 7.11 Å². The van der Waals surface area contributed by atoms with E-state index in [0.717, 1.165) is 24.2 Å². The number of aliphatic carboxylic acids is 1. The summed E-state index contributed by atoms with van der Waals surface area (Å²) >= 11 is 0. The molecule has 19 heavy (non-hydrogen) atoms. The average molecular weight is 263 g/mol. The summed E-state index contributed by atoms with van der Waals surface area (Å²) < 4.78 is 5.32. The Morgan fingerprint density at radius 3 is 2.53 bits per heavy atom. The van der Waals surface area contributed by atoms with Gasteiger partial charge in [-0.25, -0.2) is 4.79 Å². The van der Waals surface area contributed by atoms with E-state index in [9.17, 15) is 9.90 Å². The quantitative estimate of drug-likeness (QED) is 0.856. The minimum Gasteiger partial charge on any atom is -0.496 e. The lowest BCUT2D eigenvalue weighted by Crippen LogP contribution is -2.47. The van der Waals surface area contributed by atoms with Crippen LogP contribution < -0.4 is 10.5 Å². The van der Waals surface area contributed by atoms with E-state index >= 15 is 0 Å². The summed E-state index contributed by atoms with van der Waals surface area (Å²) in [6.07, 6.45) is 1.76. The molecule has 1 saturated carbocycles. The third-order valence-electron chi connectivity index (χ3n) is 3.90. The van der Waals surface area contributed by atoms with Gasteiger partial charge < -0.3 is 15.6 Å². The number of benzene rings is 1. The zero-order valence-electron chi connectivity index (χ0n) is 11.6. The molecular weight excluding hydrogens is 242 g/mol. The van der Waals surface area contributed by atoms with Crippen molar-refractivity contribution in [3.8, 4) is 5.75 Å². The number of carbonyl (C=O) groups is 1. The molecule has 0 aliphatic heterocycles. The van der Waals surface area contributed by atoms with E-state index < -0.39 is 11.5 Å². The van der Waals surface area contributed by atoms with Crippen molar-refractivity contribution in [2.24, 2.45) is 11.7 Å². The van der Waals surface area contributed by atoms with Gasteiger partial charge in [0.1, 0.15) is 11.3 Å². The van der Waals surface area contributed by atoms with Crippen LogP contribution in [0.25, 0.3) is 0 Å². The number of hydrogen-bond acceptors (Lipinski definition) is 3. The molecule has 0 aromatic heterocycles. The lowest BCUT2D eigenvalue weighted by Gasteiger charge is -2.26. The number of nitrogens with two attached hydrogens (primary N) is 1. The molecule has 0 bridgehead atoms. The van der Waals surface area contributed by atoms with Crippen LogP contribution in [0.2, 0.25) is 0 Å². The van der Waals surface area contributed by atoms with E-state index in [2.05, 4.69) is 13.8 Å². The fourth-order valence-corrected chi connectivity index (χ4v) is 2.52. The predicted octanol–water partition coefficient (Wildman–Crippen LogP) is 2.47. The fourth-order valence-electron chi connectivity index (χ4n) is 2.52. The topological polar surface area (TPSA) is 72.5 Å². The van der Waals surface area contributed by atoms with E-state index in [4.69, 9.17) is 10.5 Å². The molecule has 1 unspecified atom stereocenters. The molecule has 0 amide bonds. The van der Waals surface area contributed by atoms with Crippen molar-refractivity contribution >= 4 is 5.97 Å². The zero-order chi connectivity index (χ0) is 14.2. The maximum Gasteiger partial charge on any atom is 0.328 e. The highest BCUT2D eigenvalue weighted by atomic mass is 16.5. The highest BCUT2D eigenvalue weighted by molar-refractivity contribution is 5.81. The molecule has 2 rings (SSSR count). The number of hydrogen-bond donors (Lipinski definition) is 2. The predicted molar refractivity (Wildman–Crippen MR) is 73.3 cm³/mol. The molecule has 1 atom stereocenters. The summed E-state index contributed by atoms with van der Waals surface area (Å²) in [5, 5.41) is 9.50. The molecule has 0 radical (unpaired) electrons. The van der Waals surface area contributed by atoms with Gasteiger partial charge in [-0.3, -0.25) is 0 Å². The maximum atomic E-state index is 11.6. The maximum absolute atomic E-state index is 11.6. The molecule has 1 aromatic carbocycles. The monoisotopic (exact) mass is 263 g/mol. The normalized spacial score (nSPS) is 18.2. The summed E-state index contributed by atoms with van der Waals surface area (Å²) in [5.74, 6) is 0.128. The third kappa shape index (κ3) is 2.32.